The highest BCUT2D eigenvalue weighted by atomic mass is 19.1. The van der Waals surface area contributed by atoms with Crippen LogP contribution in [0, 0.1) is 11.7 Å². The molecule has 0 saturated carbocycles. The van der Waals surface area contributed by atoms with Crippen LogP contribution in [0.15, 0.2) is 24.3 Å². The molecule has 2 unspecified atom stereocenters. The van der Waals surface area contributed by atoms with Gasteiger partial charge in [-0.15, -0.1) is 0 Å². The fourth-order valence-corrected chi connectivity index (χ4v) is 1.96. The van der Waals surface area contributed by atoms with Gasteiger partial charge in [0.2, 0.25) is 0 Å². The lowest BCUT2D eigenvalue weighted by Gasteiger charge is -2.29. The number of rotatable bonds is 4. The summed E-state index contributed by atoms with van der Waals surface area (Å²) >= 11 is 0. The second-order valence-electron chi connectivity index (χ2n) is 4.76. The molecule has 0 radical (unpaired) electrons. The fourth-order valence-electron chi connectivity index (χ4n) is 1.96. The van der Waals surface area contributed by atoms with Crippen LogP contribution in [0.4, 0.5) is 4.39 Å². The summed E-state index contributed by atoms with van der Waals surface area (Å²) in [5.41, 5.74) is 0. The van der Waals surface area contributed by atoms with Crippen molar-refractivity contribution in [3.05, 3.63) is 30.1 Å². The molecule has 1 aliphatic heterocycles. The van der Waals surface area contributed by atoms with E-state index in [1.54, 1.807) is 0 Å². The van der Waals surface area contributed by atoms with E-state index in [0.717, 1.165) is 13.0 Å². The van der Waals surface area contributed by atoms with E-state index in [-0.39, 0.29) is 24.4 Å². The summed E-state index contributed by atoms with van der Waals surface area (Å²) < 4.78 is 23.3. The fraction of sp³-hybridized carbons (Fsp3) is 0.500. The lowest BCUT2D eigenvalue weighted by atomic mass is 9.97. The minimum absolute atomic E-state index is 0.0399. The molecule has 2 atom stereocenters. The molecule has 0 aliphatic carbocycles. The predicted molar refractivity (Wildman–Crippen MR) is 68.4 cm³/mol. The Hall–Kier alpha value is -1.62. The zero-order chi connectivity index (χ0) is 13.7. The largest absolute Gasteiger partial charge is 0.484 e. The first-order chi connectivity index (χ1) is 9.15. The minimum Gasteiger partial charge on any atom is -0.484 e. The van der Waals surface area contributed by atoms with E-state index in [0.29, 0.717) is 18.3 Å². The van der Waals surface area contributed by atoms with Crippen molar-refractivity contribution in [1.82, 2.24) is 5.32 Å². The highest BCUT2D eigenvalue weighted by Gasteiger charge is 2.23. The van der Waals surface area contributed by atoms with E-state index in [1.807, 2.05) is 0 Å². The summed E-state index contributed by atoms with van der Waals surface area (Å²) in [6, 6.07) is 5.62. The maximum absolute atomic E-state index is 12.7. The number of hydrogen-bond acceptors (Lipinski definition) is 3. The molecule has 1 N–H and O–H groups in total. The molecule has 1 aromatic rings. The molecule has 5 heteroatoms. The summed E-state index contributed by atoms with van der Waals surface area (Å²) in [4.78, 5) is 11.7. The van der Waals surface area contributed by atoms with Crippen LogP contribution in [0.1, 0.15) is 13.3 Å². The Morgan fingerprint density at radius 1 is 1.47 bits per heavy atom. The molecule has 1 fully saturated rings. The number of nitrogens with one attached hydrogen (secondary N) is 1. The standard InChI is InChI=1S/C14H18FNO3/c1-10-6-7-18-8-13(10)16-14(17)9-19-12-4-2-11(15)3-5-12/h2-5,10,13H,6-9H2,1H3,(H,16,17). The van der Waals surface area contributed by atoms with Gasteiger partial charge in [-0.3, -0.25) is 4.79 Å². The molecule has 2 rings (SSSR count). The molecule has 4 nitrogen and oxygen atoms in total. The molecule has 19 heavy (non-hydrogen) atoms. The van der Waals surface area contributed by atoms with E-state index >= 15 is 0 Å². The van der Waals surface area contributed by atoms with Crippen molar-refractivity contribution in [2.45, 2.75) is 19.4 Å². The van der Waals surface area contributed by atoms with E-state index in [2.05, 4.69) is 12.2 Å². The Morgan fingerprint density at radius 2 is 2.21 bits per heavy atom. The molecule has 1 amide bonds. The molecular formula is C14H18FNO3. The van der Waals surface area contributed by atoms with Gasteiger partial charge in [0.05, 0.1) is 12.6 Å². The van der Waals surface area contributed by atoms with Crippen LogP contribution in [0.5, 0.6) is 5.75 Å². The summed E-state index contributed by atoms with van der Waals surface area (Å²) in [7, 11) is 0. The van der Waals surface area contributed by atoms with Crippen molar-refractivity contribution in [2.75, 3.05) is 19.8 Å². The topological polar surface area (TPSA) is 47.6 Å². The van der Waals surface area contributed by atoms with Crippen molar-refractivity contribution in [1.29, 1.82) is 0 Å². The number of carbonyl (C=O) groups excluding carboxylic acids is 1. The SMILES string of the molecule is CC1CCOCC1NC(=O)COc1ccc(F)cc1. The molecule has 1 aliphatic rings. The maximum atomic E-state index is 12.7. The molecule has 1 saturated heterocycles. The lowest BCUT2D eigenvalue weighted by Crippen LogP contribution is -2.47. The Morgan fingerprint density at radius 3 is 2.89 bits per heavy atom. The van der Waals surface area contributed by atoms with Gasteiger partial charge in [0.15, 0.2) is 6.61 Å². The van der Waals surface area contributed by atoms with Gasteiger partial charge in [0.25, 0.3) is 5.91 Å². The molecule has 0 spiro atoms. The first kappa shape index (κ1) is 13.8. The van der Waals surface area contributed by atoms with E-state index in [9.17, 15) is 9.18 Å². The smallest absolute Gasteiger partial charge is 0.258 e. The number of halogens is 1. The molecule has 0 bridgehead atoms. The van der Waals surface area contributed by atoms with E-state index < -0.39 is 0 Å². The monoisotopic (exact) mass is 267 g/mol. The third-order valence-corrected chi connectivity index (χ3v) is 3.23. The zero-order valence-corrected chi connectivity index (χ0v) is 10.9. The quantitative estimate of drug-likeness (QED) is 0.904. The summed E-state index contributed by atoms with van der Waals surface area (Å²) in [5.74, 6) is 0.365. The molecule has 104 valence electrons. The van der Waals surface area contributed by atoms with Gasteiger partial charge in [-0.1, -0.05) is 6.92 Å². The number of amides is 1. The lowest BCUT2D eigenvalue weighted by molar-refractivity contribution is -0.125. The van der Waals surface area contributed by atoms with Gasteiger partial charge in [0.1, 0.15) is 11.6 Å². The van der Waals surface area contributed by atoms with Crippen molar-refractivity contribution in [2.24, 2.45) is 5.92 Å². The first-order valence-corrected chi connectivity index (χ1v) is 6.40. The Kier molecular flexibility index (Phi) is 4.74. The number of benzene rings is 1. The van der Waals surface area contributed by atoms with Crippen molar-refractivity contribution in [3.8, 4) is 5.75 Å². The zero-order valence-electron chi connectivity index (χ0n) is 10.9. The third-order valence-electron chi connectivity index (χ3n) is 3.23. The summed E-state index contributed by atoms with van der Waals surface area (Å²) in [6.07, 6.45) is 0.948. The highest BCUT2D eigenvalue weighted by molar-refractivity contribution is 5.77. The Labute approximate surface area is 111 Å². The number of carbonyl (C=O) groups is 1. The third kappa shape index (κ3) is 4.21. The molecule has 1 heterocycles. The van der Waals surface area contributed by atoms with E-state index in [4.69, 9.17) is 9.47 Å². The molecular weight excluding hydrogens is 249 g/mol. The van der Waals surface area contributed by atoms with Crippen LogP contribution in [0.2, 0.25) is 0 Å². The summed E-state index contributed by atoms with van der Waals surface area (Å²) in [5, 5.41) is 2.89. The van der Waals surface area contributed by atoms with Gasteiger partial charge in [-0.05, 0) is 36.6 Å². The Bertz CT molecular complexity index is 421. The van der Waals surface area contributed by atoms with Crippen molar-refractivity contribution >= 4 is 5.91 Å². The van der Waals surface area contributed by atoms with Crippen LogP contribution in [-0.4, -0.2) is 31.8 Å². The molecule has 1 aromatic carbocycles. The summed E-state index contributed by atoms with van der Waals surface area (Å²) in [6.45, 7) is 3.31. The van der Waals surface area contributed by atoms with Crippen LogP contribution < -0.4 is 10.1 Å². The number of ether oxygens (including phenoxy) is 2. The second-order valence-corrected chi connectivity index (χ2v) is 4.76. The second kappa shape index (κ2) is 6.52. The Balaban J connectivity index is 1.76. The molecule has 0 aromatic heterocycles. The van der Waals surface area contributed by atoms with Crippen molar-refractivity contribution in [3.63, 3.8) is 0 Å². The minimum atomic E-state index is -0.329. The average Bonchev–Trinajstić information content (AvgIpc) is 2.41. The van der Waals surface area contributed by atoms with Crippen LogP contribution >= 0.6 is 0 Å². The maximum Gasteiger partial charge on any atom is 0.258 e. The number of hydrogen-bond donors (Lipinski definition) is 1. The van der Waals surface area contributed by atoms with Gasteiger partial charge >= 0.3 is 0 Å². The van der Waals surface area contributed by atoms with Crippen LogP contribution in [-0.2, 0) is 9.53 Å². The highest BCUT2D eigenvalue weighted by Crippen LogP contribution is 2.14. The first-order valence-electron chi connectivity index (χ1n) is 6.40. The van der Waals surface area contributed by atoms with Gasteiger partial charge in [0, 0.05) is 6.61 Å². The van der Waals surface area contributed by atoms with E-state index in [1.165, 1.54) is 24.3 Å². The predicted octanol–water partition coefficient (Wildman–Crippen LogP) is 1.75. The van der Waals surface area contributed by atoms with Gasteiger partial charge in [-0.2, -0.15) is 0 Å². The van der Waals surface area contributed by atoms with Crippen LogP contribution in [0.3, 0.4) is 0 Å². The van der Waals surface area contributed by atoms with Crippen LogP contribution in [0.25, 0.3) is 0 Å². The van der Waals surface area contributed by atoms with Crippen molar-refractivity contribution < 1.29 is 18.7 Å². The normalized spacial score (nSPS) is 22.8. The van der Waals surface area contributed by atoms with Gasteiger partial charge in [-0.25, -0.2) is 4.39 Å². The average molecular weight is 267 g/mol. The van der Waals surface area contributed by atoms with Gasteiger partial charge < -0.3 is 14.8 Å².